The molecule has 0 spiro atoms. The van der Waals surface area contributed by atoms with Crippen LogP contribution in [0.15, 0.2) is 0 Å². The zero-order chi connectivity index (χ0) is 14.7. The maximum Gasteiger partial charge on any atom is 0.147 e. The van der Waals surface area contributed by atoms with Gasteiger partial charge in [0.15, 0.2) is 0 Å². The second-order valence-electron chi connectivity index (χ2n) is 7.30. The topological polar surface area (TPSA) is 46.2 Å². The minimum absolute atomic E-state index is 0.333. The highest BCUT2D eigenvalue weighted by molar-refractivity contribution is 7.90. The molecule has 1 fully saturated rings. The Kier molecular flexibility index (Phi) is 5.87. The molecule has 3 unspecified atom stereocenters. The summed E-state index contributed by atoms with van der Waals surface area (Å²) in [6, 6.07) is 0.568. The lowest BCUT2D eigenvalue weighted by Crippen LogP contribution is -2.41. The third-order valence-corrected chi connectivity index (χ3v) is 5.70. The van der Waals surface area contributed by atoms with E-state index >= 15 is 0 Å². The van der Waals surface area contributed by atoms with Crippen LogP contribution < -0.4 is 5.32 Å². The predicted octanol–water partition coefficient (Wildman–Crippen LogP) is 2.86. The fourth-order valence-electron chi connectivity index (χ4n) is 3.36. The van der Waals surface area contributed by atoms with Gasteiger partial charge < -0.3 is 5.32 Å². The van der Waals surface area contributed by atoms with E-state index in [4.69, 9.17) is 0 Å². The van der Waals surface area contributed by atoms with Crippen molar-refractivity contribution in [1.29, 1.82) is 0 Å². The number of rotatable bonds is 5. The molecule has 0 aliphatic heterocycles. The predicted molar refractivity (Wildman–Crippen MR) is 82.1 cm³/mol. The molecule has 4 heteroatoms. The lowest BCUT2D eigenvalue weighted by atomic mass is 9.66. The minimum Gasteiger partial charge on any atom is -0.317 e. The van der Waals surface area contributed by atoms with Crippen molar-refractivity contribution in [1.82, 2.24) is 5.32 Å². The summed E-state index contributed by atoms with van der Waals surface area (Å²) in [5.74, 6) is 1.73. The van der Waals surface area contributed by atoms with E-state index in [9.17, 15) is 8.42 Å². The van der Waals surface area contributed by atoms with Gasteiger partial charge in [-0.15, -0.1) is 0 Å². The van der Waals surface area contributed by atoms with Crippen LogP contribution in [0.4, 0.5) is 0 Å². The molecule has 19 heavy (non-hydrogen) atoms. The SMILES string of the molecule is CNC1CCC(C(C)(C)C)CC1CCCS(C)(=O)=O. The Morgan fingerprint density at radius 3 is 2.32 bits per heavy atom. The maximum absolute atomic E-state index is 11.2. The van der Waals surface area contributed by atoms with Crippen LogP contribution in [-0.4, -0.2) is 33.5 Å². The first kappa shape index (κ1) is 17.0. The average Bonchev–Trinajstić information content (AvgIpc) is 2.26. The van der Waals surface area contributed by atoms with Crippen molar-refractivity contribution in [3.63, 3.8) is 0 Å². The summed E-state index contributed by atoms with van der Waals surface area (Å²) >= 11 is 0. The van der Waals surface area contributed by atoms with Crippen LogP contribution >= 0.6 is 0 Å². The highest BCUT2D eigenvalue weighted by Gasteiger charge is 2.34. The maximum atomic E-state index is 11.2. The molecule has 3 atom stereocenters. The molecule has 0 heterocycles. The zero-order valence-electron chi connectivity index (χ0n) is 13.2. The Bertz CT molecular complexity index is 370. The van der Waals surface area contributed by atoms with Crippen molar-refractivity contribution in [3.8, 4) is 0 Å². The highest BCUT2D eigenvalue weighted by Crippen LogP contribution is 2.41. The molecule has 0 aromatic carbocycles. The molecule has 0 aromatic rings. The van der Waals surface area contributed by atoms with Gasteiger partial charge in [0.2, 0.25) is 0 Å². The summed E-state index contributed by atoms with van der Waals surface area (Å²) < 4.78 is 22.5. The molecule has 0 bridgehead atoms. The number of hydrogen-bond donors (Lipinski definition) is 1. The molecule has 1 aliphatic rings. The molecule has 1 rings (SSSR count). The van der Waals surface area contributed by atoms with E-state index in [0.717, 1.165) is 18.8 Å². The van der Waals surface area contributed by atoms with Crippen molar-refractivity contribution < 1.29 is 8.42 Å². The van der Waals surface area contributed by atoms with Gasteiger partial charge in [-0.1, -0.05) is 20.8 Å². The Morgan fingerprint density at radius 1 is 1.21 bits per heavy atom. The first-order chi connectivity index (χ1) is 8.63. The van der Waals surface area contributed by atoms with Crippen molar-refractivity contribution in [2.75, 3.05) is 19.1 Å². The van der Waals surface area contributed by atoms with Crippen LogP contribution in [0.5, 0.6) is 0 Å². The normalized spacial score (nSPS) is 29.4. The van der Waals surface area contributed by atoms with Gasteiger partial charge in [0.05, 0.1) is 0 Å². The van der Waals surface area contributed by atoms with E-state index in [-0.39, 0.29) is 0 Å². The van der Waals surface area contributed by atoms with Crippen LogP contribution in [-0.2, 0) is 9.84 Å². The van der Waals surface area contributed by atoms with E-state index < -0.39 is 9.84 Å². The quantitative estimate of drug-likeness (QED) is 0.846. The Hall–Kier alpha value is -0.0900. The van der Waals surface area contributed by atoms with E-state index in [1.807, 2.05) is 7.05 Å². The van der Waals surface area contributed by atoms with E-state index in [1.165, 1.54) is 25.5 Å². The fourth-order valence-corrected chi connectivity index (χ4v) is 4.05. The van der Waals surface area contributed by atoms with Crippen LogP contribution in [0.3, 0.4) is 0 Å². The van der Waals surface area contributed by atoms with Crippen LogP contribution in [0.25, 0.3) is 0 Å². The number of sulfone groups is 1. The van der Waals surface area contributed by atoms with Gasteiger partial charge in [0, 0.05) is 18.1 Å². The minimum atomic E-state index is -2.81. The van der Waals surface area contributed by atoms with Gasteiger partial charge in [-0.2, -0.15) is 0 Å². The molecule has 0 aromatic heterocycles. The molecule has 114 valence electrons. The van der Waals surface area contributed by atoms with Crippen LogP contribution in [0.2, 0.25) is 0 Å². The van der Waals surface area contributed by atoms with Gasteiger partial charge >= 0.3 is 0 Å². The molecule has 3 nitrogen and oxygen atoms in total. The first-order valence-electron chi connectivity index (χ1n) is 7.48. The summed E-state index contributed by atoms with van der Waals surface area (Å²) in [5, 5.41) is 3.42. The fraction of sp³-hybridized carbons (Fsp3) is 1.00. The summed E-state index contributed by atoms with van der Waals surface area (Å²) in [5.41, 5.74) is 0.369. The van der Waals surface area contributed by atoms with Crippen molar-refractivity contribution in [3.05, 3.63) is 0 Å². The second kappa shape index (κ2) is 6.57. The Balaban J connectivity index is 2.55. The standard InChI is InChI=1S/C15H31NO2S/c1-15(2,3)13-8-9-14(16-4)12(11-13)7-6-10-19(5,17)18/h12-14,16H,6-11H2,1-5H3. The first-order valence-corrected chi connectivity index (χ1v) is 9.54. The van der Waals surface area contributed by atoms with E-state index in [0.29, 0.717) is 23.1 Å². The molecule has 1 saturated carbocycles. The molecule has 0 radical (unpaired) electrons. The average molecular weight is 289 g/mol. The lowest BCUT2D eigenvalue weighted by molar-refractivity contribution is 0.112. The summed E-state index contributed by atoms with van der Waals surface area (Å²) in [6.07, 6.45) is 6.92. The molecule has 1 aliphatic carbocycles. The monoisotopic (exact) mass is 289 g/mol. The summed E-state index contributed by atoms with van der Waals surface area (Å²) in [7, 11) is -0.778. The second-order valence-corrected chi connectivity index (χ2v) is 9.56. The highest BCUT2D eigenvalue weighted by atomic mass is 32.2. The van der Waals surface area contributed by atoms with Crippen LogP contribution in [0, 0.1) is 17.3 Å². The van der Waals surface area contributed by atoms with E-state index in [2.05, 4.69) is 26.1 Å². The molecular weight excluding hydrogens is 258 g/mol. The molecular formula is C15H31NO2S. The third kappa shape index (κ3) is 5.82. The molecule has 1 N–H and O–H groups in total. The van der Waals surface area contributed by atoms with Crippen molar-refractivity contribution in [2.45, 2.75) is 58.9 Å². The van der Waals surface area contributed by atoms with E-state index in [1.54, 1.807) is 0 Å². The lowest BCUT2D eigenvalue weighted by Gasteiger charge is -2.42. The van der Waals surface area contributed by atoms with Gasteiger partial charge in [-0.3, -0.25) is 0 Å². The largest absolute Gasteiger partial charge is 0.317 e. The number of hydrogen-bond acceptors (Lipinski definition) is 3. The zero-order valence-corrected chi connectivity index (χ0v) is 14.0. The van der Waals surface area contributed by atoms with Crippen molar-refractivity contribution in [2.24, 2.45) is 17.3 Å². The Morgan fingerprint density at radius 2 is 1.84 bits per heavy atom. The van der Waals surface area contributed by atoms with Gasteiger partial charge in [-0.25, -0.2) is 8.42 Å². The number of nitrogens with one attached hydrogen (secondary N) is 1. The van der Waals surface area contributed by atoms with Gasteiger partial charge in [-0.05, 0) is 56.4 Å². The molecule has 0 amide bonds. The van der Waals surface area contributed by atoms with Crippen LogP contribution in [0.1, 0.15) is 52.9 Å². The third-order valence-electron chi connectivity index (χ3n) is 4.67. The van der Waals surface area contributed by atoms with Gasteiger partial charge in [0.1, 0.15) is 9.84 Å². The van der Waals surface area contributed by atoms with Crippen molar-refractivity contribution >= 4 is 9.84 Å². The summed E-state index contributed by atoms with van der Waals surface area (Å²) in [4.78, 5) is 0. The Labute approximate surface area is 119 Å². The summed E-state index contributed by atoms with van der Waals surface area (Å²) in [6.45, 7) is 6.97. The van der Waals surface area contributed by atoms with Gasteiger partial charge in [0.25, 0.3) is 0 Å². The smallest absolute Gasteiger partial charge is 0.147 e. The molecule has 0 saturated heterocycles.